The average molecular weight is 394 g/mol. The van der Waals surface area contributed by atoms with Crippen molar-refractivity contribution in [2.45, 2.75) is 19.8 Å². The van der Waals surface area contributed by atoms with E-state index in [1.54, 1.807) is 24.3 Å². The van der Waals surface area contributed by atoms with Gasteiger partial charge in [-0.15, -0.1) is 0 Å². The summed E-state index contributed by atoms with van der Waals surface area (Å²) in [6, 6.07) is 7.92. The fourth-order valence-electron chi connectivity index (χ4n) is 1.92. The van der Waals surface area contributed by atoms with E-state index in [9.17, 15) is 14.9 Å². The van der Waals surface area contributed by atoms with Crippen molar-refractivity contribution >= 4 is 39.1 Å². The summed E-state index contributed by atoms with van der Waals surface area (Å²) in [7, 11) is 0. The van der Waals surface area contributed by atoms with Gasteiger partial charge in [-0.1, -0.05) is 19.4 Å². The topological polar surface area (TPSA) is 94.4 Å². The second-order valence-corrected chi connectivity index (χ2v) is 5.89. The number of ether oxygens (including phenoxy) is 1. The van der Waals surface area contributed by atoms with Crippen molar-refractivity contribution in [1.82, 2.24) is 4.98 Å². The van der Waals surface area contributed by atoms with Crippen LogP contribution in [0.5, 0.6) is 0 Å². The summed E-state index contributed by atoms with van der Waals surface area (Å²) in [4.78, 5) is 26.6. The molecule has 0 amide bonds. The number of rotatable bonds is 7. The van der Waals surface area contributed by atoms with E-state index < -0.39 is 10.9 Å². The maximum atomic E-state index is 12.0. The minimum atomic E-state index is -0.525. The summed E-state index contributed by atoms with van der Waals surface area (Å²) < 4.78 is 5.66. The molecule has 2 rings (SSSR count). The monoisotopic (exact) mass is 393 g/mol. The fourth-order valence-corrected chi connectivity index (χ4v) is 2.24. The third-order valence-electron chi connectivity index (χ3n) is 3.12. The molecule has 0 aliphatic heterocycles. The van der Waals surface area contributed by atoms with E-state index in [1.165, 1.54) is 12.3 Å². The third-order valence-corrected chi connectivity index (χ3v) is 3.56. The molecule has 0 bridgehead atoms. The smallest absolute Gasteiger partial charge is 0.338 e. The summed E-state index contributed by atoms with van der Waals surface area (Å²) >= 11 is 3.15. The molecule has 1 heterocycles. The molecule has 1 aromatic carbocycles. The van der Waals surface area contributed by atoms with Crippen molar-refractivity contribution in [3.63, 3.8) is 0 Å². The number of halogens is 1. The van der Waals surface area contributed by atoms with Gasteiger partial charge in [-0.25, -0.2) is 9.78 Å². The van der Waals surface area contributed by atoms with Gasteiger partial charge in [0, 0.05) is 22.4 Å². The molecule has 126 valence electrons. The lowest BCUT2D eigenvalue weighted by Crippen LogP contribution is -2.07. The quantitative estimate of drug-likeness (QED) is 0.323. The van der Waals surface area contributed by atoms with Gasteiger partial charge in [0.1, 0.15) is 0 Å². The largest absolute Gasteiger partial charge is 0.462 e. The zero-order valence-corrected chi connectivity index (χ0v) is 14.6. The van der Waals surface area contributed by atoms with Crippen molar-refractivity contribution < 1.29 is 14.5 Å². The van der Waals surface area contributed by atoms with Gasteiger partial charge in [0.2, 0.25) is 5.82 Å². The van der Waals surface area contributed by atoms with Gasteiger partial charge < -0.3 is 10.1 Å². The number of esters is 1. The predicted molar refractivity (Wildman–Crippen MR) is 93.5 cm³/mol. The van der Waals surface area contributed by atoms with Gasteiger partial charge >= 0.3 is 11.7 Å². The molecule has 2 aromatic rings. The highest BCUT2D eigenvalue weighted by molar-refractivity contribution is 9.10. The van der Waals surface area contributed by atoms with Crippen LogP contribution in [-0.2, 0) is 4.74 Å². The highest BCUT2D eigenvalue weighted by Gasteiger charge is 2.16. The first-order chi connectivity index (χ1) is 11.5. The van der Waals surface area contributed by atoms with Crippen molar-refractivity contribution in [3.8, 4) is 0 Å². The molecule has 24 heavy (non-hydrogen) atoms. The number of nitrogens with zero attached hydrogens (tertiary/aromatic N) is 2. The number of nitrogens with one attached hydrogen (secondary N) is 1. The summed E-state index contributed by atoms with van der Waals surface area (Å²) in [5.74, 6) is -0.329. The van der Waals surface area contributed by atoms with Crippen molar-refractivity contribution in [1.29, 1.82) is 0 Å². The Bertz CT molecular complexity index is 752. The van der Waals surface area contributed by atoms with Gasteiger partial charge in [-0.2, -0.15) is 0 Å². The molecular weight excluding hydrogens is 378 g/mol. The highest BCUT2D eigenvalue weighted by atomic mass is 79.9. The van der Waals surface area contributed by atoms with Gasteiger partial charge in [-0.3, -0.25) is 10.1 Å². The van der Waals surface area contributed by atoms with Crippen LogP contribution < -0.4 is 5.32 Å². The minimum absolute atomic E-state index is 0.0969. The molecule has 0 atom stereocenters. The SMILES string of the molecule is CCCCOC(=O)c1cccc(Nc2ncc(Br)cc2[N+](=O)[O-])c1. The number of carbonyl (C=O) groups excluding carboxylic acids is 1. The van der Waals surface area contributed by atoms with Gasteiger partial charge in [0.05, 0.1) is 17.1 Å². The number of nitro groups is 1. The maximum Gasteiger partial charge on any atom is 0.338 e. The molecular formula is C16H16BrN3O4. The Morgan fingerprint density at radius 1 is 1.42 bits per heavy atom. The number of hydrogen-bond acceptors (Lipinski definition) is 6. The second-order valence-electron chi connectivity index (χ2n) is 4.97. The van der Waals surface area contributed by atoms with Crippen LogP contribution >= 0.6 is 15.9 Å². The lowest BCUT2D eigenvalue weighted by molar-refractivity contribution is -0.384. The number of benzene rings is 1. The number of unbranched alkanes of at least 4 members (excludes halogenated alkanes) is 1. The molecule has 0 fully saturated rings. The third kappa shape index (κ3) is 4.76. The van der Waals surface area contributed by atoms with E-state index in [-0.39, 0.29) is 11.5 Å². The Hall–Kier alpha value is -2.48. The minimum Gasteiger partial charge on any atom is -0.462 e. The number of pyridine rings is 1. The van der Waals surface area contributed by atoms with Crippen molar-refractivity contribution in [3.05, 3.63) is 56.7 Å². The van der Waals surface area contributed by atoms with Crippen molar-refractivity contribution in [2.75, 3.05) is 11.9 Å². The maximum absolute atomic E-state index is 12.0. The van der Waals surface area contributed by atoms with Crippen LogP contribution in [0.3, 0.4) is 0 Å². The number of carbonyl (C=O) groups is 1. The van der Waals surface area contributed by atoms with E-state index in [0.29, 0.717) is 22.3 Å². The second kappa shape index (κ2) is 8.39. The Balaban J connectivity index is 2.18. The van der Waals surface area contributed by atoms with Crippen LogP contribution in [0.2, 0.25) is 0 Å². The Morgan fingerprint density at radius 2 is 2.21 bits per heavy atom. The number of hydrogen-bond donors (Lipinski definition) is 1. The molecule has 1 aromatic heterocycles. The lowest BCUT2D eigenvalue weighted by atomic mass is 10.2. The van der Waals surface area contributed by atoms with E-state index in [0.717, 1.165) is 12.8 Å². The summed E-state index contributed by atoms with van der Waals surface area (Å²) in [5, 5.41) is 14.0. The summed E-state index contributed by atoms with van der Waals surface area (Å²) in [5.41, 5.74) is 0.717. The summed E-state index contributed by atoms with van der Waals surface area (Å²) in [6.45, 7) is 2.38. The molecule has 0 aliphatic rings. The van der Waals surface area contributed by atoms with Crippen LogP contribution in [0.4, 0.5) is 17.2 Å². The molecule has 0 spiro atoms. The first-order valence-corrected chi connectivity index (χ1v) is 8.14. The average Bonchev–Trinajstić information content (AvgIpc) is 2.56. The van der Waals surface area contributed by atoms with Gasteiger partial charge in [0.15, 0.2) is 0 Å². The van der Waals surface area contributed by atoms with Crippen LogP contribution in [-0.4, -0.2) is 22.5 Å². The Labute approximate surface area is 147 Å². The fraction of sp³-hybridized carbons (Fsp3) is 0.250. The van der Waals surface area contributed by atoms with Gasteiger partial charge in [0.25, 0.3) is 0 Å². The molecule has 0 radical (unpaired) electrons. The molecule has 0 saturated heterocycles. The molecule has 0 aliphatic carbocycles. The Kier molecular flexibility index (Phi) is 6.25. The molecule has 0 saturated carbocycles. The van der Waals surface area contributed by atoms with E-state index in [2.05, 4.69) is 26.2 Å². The molecule has 1 N–H and O–H groups in total. The Morgan fingerprint density at radius 3 is 2.92 bits per heavy atom. The molecule has 7 nitrogen and oxygen atoms in total. The number of anilines is 2. The highest BCUT2D eigenvalue weighted by Crippen LogP contribution is 2.28. The van der Waals surface area contributed by atoms with Crippen LogP contribution in [0.15, 0.2) is 41.0 Å². The normalized spacial score (nSPS) is 10.2. The van der Waals surface area contributed by atoms with E-state index in [4.69, 9.17) is 4.74 Å². The lowest BCUT2D eigenvalue weighted by Gasteiger charge is -2.08. The van der Waals surface area contributed by atoms with E-state index >= 15 is 0 Å². The summed E-state index contributed by atoms with van der Waals surface area (Å²) in [6.07, 6.45) is 3.20. The standard InChI is InChI=1S/C16H16BrN3O4/c1-2-3-7-24-16(21)11-5-4-6-13(8-11)19-15-14(20(22)23)9-12(17)10-18-15/h4-6,8-10H,2-3,7H2,1H3,(H,18,19). The van der Waals surface area contributed by atoms with Crippen LogP contribution in [0, 0.1) is 10.1 Å². The predicted octanol–water partition coefficient (Wildman–Crippen LogP) is 4.45. The molecule has 8 heteroatoms. The number of aromatic nitrogens is 1. The van der Waals surface area contributed by atoms with Gasteiger partial charge in [-0.05, 0) is 40.5 Å². The van der Waals surface area contributed by atoms with E-state index in [1.807, 2.05) is 6.92 Å². The zero-order valence-electron chi connectivity index (χ0n) is 13.0. The first kappa shape index (κ1) is 17.9. The van der Waals surface area contributed by atoms with Crippen molar-refractivity contribution in [2.24, 2.45) is 0 Å². The van der Waals surface area contributed by atoms with Crippen LogP contribution in [0.1, 0.15) is 30.1 Å². The first-order valence-electron chi connectivity index (χ1n) is 7.35. The van der Waals surface area contributed by atoms with Crippen LogP contribution in [0.25, 0.3) is 0 Å². The zero-order chi connectivity index (χ0) is 17.5. The molecule has 0 unspecified atom stereocenters.